The Bertz CT molecular complexity index is 1050. The molecule has 1 heterocycles. The maximum absolute atomic E-state index is 13.0. The minimum absolute atomic E-state index is 0.198. The van der Waals surface area contributed by atoms with E-state index in [1.54, 1.807) is 0 Å². The highest BCUT2D eigenvalue weighted by atomic mass is 16.2. The molecule has 0 bridgehead atoms. The van der Waals surface area contributed by atoms with Gasteiger partial charge in [0.1, 0.15) is 0 Å². The third-order valence-electron chi connectivity index (χ3n) is 5.80. The number of aryl methyl sites for hydroxylation is 1. The van der Waals surface area contributed by atoms with Crippen LogP contribution in [-0.4, -0.2) is 16.6 Å². The summed E-state index contributed by atoms with van der Waals surface area (Å²) in [6.45, 7) is 6.29. The first-order valence-electron chi connectivity index (χ1n) is 11.9. The number of hydrazone groups is 1. The normalized spacial score (nSPS) is 11.7. The molecule has 1 N–H and O–H groups in total. The fourth-order valence-corrected chi connectivity index (χ4v) is 3.84. The molecule has 4 nitrogen and oxygen atoms in total. The Kier molecular flexibility index (Phi) is 8.97. The van der Waals surface area contributed by atoms with Crippen LogP contribution in [0.15, 0.2) is 59.7 Å². The second-order valence-electron chi connectivity index (χ2n) is 8.60. The maximum atomic E-state index is 13.0. The van der Waals surface area contributed by atoms with E-state index in [0.29, 0.717) is 5.56 Å². The van der Waals surface area contributed by atoms with Crippen molar-refractivity contribution in [3.8, 4) is 11.3 Å². The minimum Gasteiger partial charge on any atom is -0.267 e. The zero-order valence-corrected chi connectivity index (χ0v) is 19.7. The number of para-hydroxylation sites is 1. The van der Waals surface area contributed by atoms with E-state index in [1.165, 1.54) is 44.1 Å². The van der Waals surface area contributed by atoms with Gasteiger partial charge < -0.3 is 0 Å². The van der Waals surface area contributed by atoms with E-state index in [9.17, 15) is 4.79 Å². The Labute approximate surface area is 192 Å². The van der Waals surface area contributed by atoms with Crippen molar-refractivity contribution in [1.82, 2.24) is 10.4 Å². The van der Waals surface area contributed by atoms with Crippen molar-refractivity contribution in [1.29, 1.82) is 0 Å². The van der Waals surface area contributed by atoms with E-state index in [0.717, 1.165) is 40.7 Å². The second-order valence-corrected chi connectivity index (χ2v) is 8.60. The lowest BCUT2D eigenvalue weighted by Gasteiger charge is -2.10. The lowest BCUT2D eigenvalue weighted by atomic mass is 10.0. The molecule has 2 aromatic carbocycles. The molecule has 0 aliphatic heterocycles. The van der Waals surface area contributed by atoms with Gasteiger partial charge in [0, 0.05) is 16.7 Å². The Morgan fingerprint density at radius 1 is 0.938 bits per heavy atom. The summed E-state index contributed by atoms with van der Waals surface area (Å²) >= 11 is 0. The summed E-state index contributed by atoms with van der Waals surface area (Å²) in [4.78, 5) is 17.8. The number of unbranched alkanes of at least 4 members (excludes halogenated alkanes) is 6. The number of amides is 1. The lowest BCUT2D eigenvalue weighted by molar-refractivity contribution is 0.0956. The van der Waals surface area contributed by atoms with E-state index < -0.39 is 0 Å². The van der Waals surface area contributed by atoms with Gasteiger partial charge in [0.15, 0.2) is 0 Å². The van der Waals surface area contributed by atoms with Crippen LogP contribution in [0.2, 0.25) is 0 Å². The first-order valence-corrected chi connectivity index (χ1v) is 11.9. The molecule has 0 unspecified atom stereocenters. The van der Waals surface area contributed by atoms with Gasteiger partial charge >= 0.3 is 0 Å². The number of nitrogens with zero attached hydrogens (tertiary/aromatic N) is 2. The van der Waals surface area contributed by atoms with Crippen LogP contribution in [0, 0.1) is 6.92 Å². The molecule has 0 aliphatic carbocycles. The van der Waals surface area contributed by atoms with Gasteiger partial charge in [-0.15, -0.1) is 0 Å². The van der Waals surface area contributed by atoms with Crippen LogP contribution in [0.3, 0.4) is 0 Å². The Morgan fingerprint density at radius 2 is 1.62 bits per heavy atom. The monoisotopic (exact) mass is 429 g/mol. The van der Waals surface area contributed by atoms with E-state index in [1.807, 2.05) is 49.4 Å². The molecule has 4 heteroatoms. The zero-order chi connectivity index (χ0) is 22.8. The number of carbonyl (C=O) groups excluding carboxylic acids is 1. The average molecular weight is 430 g/mol. The smallest absolute Gasteiger partial charge is 0.267 e. The summed E-state index contributed by atoms with van der Waals surface area (Å²) in [5.74, 6) is -0.198. The zero-order valence-electron chi connectivity index (χ0n) is 19.7. The molecule has 32 heavy (non-hydrogen) atoms. The Balaban J connectivity index is 1.67. The number of pyridine rings is 1. The van der Waals surface area contributed by atoms with Gasteiger partial charge in [-0.25, -0.2) is 10.4 Å². The largest absolute Gasteiger partial charge is 0.272 e. The van der Waals surface area contributed by atoms with Crippen molar-refractivity contribution in [3.63, 3.8) is 0 Å². The molecule has 0 atom stereocenters. The average Bonchev–Trinajstić information content (AvgIpc) is 2.81. The van der Waals surface area contributed by atoms with Gasteiger partial charge in [-0.05, 0) is 38.8 Å². The molecule has 0 aliphatic rings. The van der Waals surface area contributed by atoms with Crippen molar-refractivity contribution in [2.75, 3.05) is 0 Å². The molecule has 0 spiro atoms. The lowest BCUT2D eigenvalue weighted by Crippen LogP contribution is -2.19. The predicted octanol–water partition coefficient (Wildman–Crippen LogP) is 7.46. The highest BCUT2D eigenvalue weighted by Gasteiger charge is 2.13. The number of aromatic nitrogens is 1. The van der Waals surface area contributed by atoms with Crippen LogP contribution in [0.1, 0.15) is 81.1 Å². The van der Waals surface area contributed by atoms with Gasteiger partial charge in [0.25, 0.3) is 5.91 Å². The molecule has 0 radical (unpaired) electrons. The van der Waals surface area contributed by atoms with Gasteiger partial charge in [0.05, 0.1) is 16.8 Å². The molecule has 0 saturated carbocycles. The highest BCUT2D eigenvalue weighted by molar-refractivity contribution is 6.07. The Morgan fingerprint density at radius 3 is 2.38 bits per heavy atom. The molecule has 168 valence electrons. The first kappa shape index (κ1) is 23.6. The number of nitrogens with one attached hydrogen (secondary N) is 1. The third kappa shape index (κ3) is 6.74. The molecule has 3 rings (SSSR count). The van der Waals surface area contributed by atoms with Crippen LogP contribution < -0.4 is 5.43 Å². The van der Waals surface area contributed by atoms with Crippen molar-refractivity contribution < 1.29 is 4.79 Å². The highest BCUT2D eigenvalue weighted by Crippen LogP contribution is 2.25. The molecule has 1 aromatic heterocycles. The van der Waals surface area contributed by atoms with Gasteiger partial charge in [-0.1, -0.05) is 93.5 Å². The minimum atomic E-state index is -0.198. The number of hydrogen-bond donors (Lipinski definition) is 1. The molecule has 3 aromatic rings. The van der Waals surface area contributed by atoms with E-state index in [-0.39, 0.29) is 5.91 Å². The van der Waals surface area contributed by atoms with E-state index in [2.05, 4.69) is 36.5 Å². The molecule has 1 amide bonds. The molecule has 0 fully saturated rings. The number of rotatable bonds is 11. The third-order valence-corrected chi connectivity index (χ3v) is 5.80. The van der Waals surface area contributed by atoms with Crippen molar-refractivity contribution in [2.45, 2.75) is 72.1 Å². The van der Waals surface area contributed by atoms with Crippen LogP contribution in [-0.2, 0) is 0 Å². The van der Waals surface area contributed by atoms with E-state index in [4.69, 9.17) is 4.98 Å². The quantitative estimate of drug-likeness (QED) is 0.195. The fraction of sp³-hybridized carbons (Fsp3) is 0.393. The SMILES string of the molecule is CCCCCCCCC/C(C)=N/NC(=O)c1cc(-c2ccc(C)cc2)nc2ccccc12. The number of hydrogen-bond acceptors (Lipinski definition) is 3. The van der Waals surface area contributed by atoms with Gasteiger partial charge in [0.2, 0.25) is 0 Å². The number of benzene rings is 2. The summed E-state index contributed by atoms with van der Waals surface area (Å²) in [6, 6.07) is 17.8. The summed E-state index contributed by atoms with van der Waals surface area (Å²) < 4.78 is 0. The summed E-state index contributed by atoms with van der Waals surface area (Å²) in [5, 5.41) is 5.20. The standard InChI is InChI=1S/C28H35N3O/c1-4-5-6-7-8-9-10-13-22(3)30-31-28(32)25-20-27(23-18-16-21(2)17-19-23)29-26-15-12-11-14-24(25)26/h11-12,14-20H,4-10,13H2,1-3H3,(H,31,32)/b30-22+. The molecular weight excluding hydrogens is 394 g/mol. The maximum Gasteiger partial charge on any atom is 0.272 e. The van der Waals surface area contributed by atoms with Crippen LogP contribution in [0.25, 0.3) is 22.2 Å². The first-order chi connectivity index (χ1) is 15.6. The predicted molar refractivity (Wildman–Crippen MR) is 135 cm³/mol. The van der Waals surface area contributed by atoms with Gasteiger partial charge in [-0.2, -0.15) is 5.10 Å². The number of fused-ring (bicyclic) bond motifs is 1. The summed E-state index contributed by atoms with van der Waals surface area (Å²) in [5.41, 5.74) is 8.11. The van der Waals surface area contributed by atoms with Crippen molar-refractivity contribution in [2.24, 2.45) is 5.10 Å². The summed E-state index contributed by atoms with van der Waals surface area (Å²) in [6.07, 6.45) is 9.81. The van der Waals surface area contributed by atoms with Crippen LogP contribution in [0.5, 0.6) is 0 Å². The van der Waals surface area contributed by atoms with Crippen molar-refractivity contribution >= 4 is 22.5 Å². The second kappa shape index (κ2) is 12.1. The molecular formula is C28H35N3O. The fourth-order valence-electron chi connectivity index (χ4n) is 3.84. The summed E-state index contributed by atoms with van der Waals surface area (Å²) in [7, 11) is 0. The van der Waals surface area contributed by atoms with Crippen LogP contribution in [0.4, 0.5) is 0 Å². The Hall–Kier alpha value is -3.01. The van der Waals surface area contributed by atoms with E-state index >= 15 is 0 Å². The van der Waals surface area contributed by atoms with Gasteiger partial charge in [-0.3, -0.25) is 4.79 Å². The topological polar surface area (TPSA) is 54.4 Å². The van der Waals surface area contributed by atoms with Crippen molar-refractivity contribution in [3.05, 3.63) is 65.7 Å². The molecule has 0 saturated heterocycles. The number of carbonyl (C=O) groups is 1. The van der Waals surface area contributed by atoms with Crippen LogP contribution >= 0.6 is 0 Å².